The molecule has 0 aromatic rings. The van der Waals surface area contributed by atoms with Crippen molar-refractivity contribution in [2.24, 2.45) is 5.73 Å². The lowest BCUT2D eigenvalue weighted by Crippen LogP contribution is -2.77. The molecule has 58 valence electrons. The van der Waals surface area contributed by atoms with E-state index in [1.54, 1.807) is 0 Å². The van der Waals surface area contributed by atoms with E-state index in [0.29, 0.717) is 13.1 Å². The summed E-state index contributed by atoms with van der Waals surface area (Å²) in [5.74, 6) is 0. The summed E-state index contributed by atoms with van der Waals surface area (Å²) in [6, 6.07) is 0. The Morgan fingerprint density at radius 1 is 1.30 bits per heavy atom. The molecule has 0 spiro atoms. The molecule has 10 heavy (non-hydrogen) atoms. The van der Waals surface area contributed by atoms with Gasteiger partial charge in [-0.3, -0.25) is 0 Å². The van der Waals surface area contributed by atoms with Crippen LogP contribution in [0.1, 0.15) is 19.3 Å². The van der Waals surface area contributed by atoms with Gasteiger partial charge in [0.2, 0.25) is 0 Å². The third kappa shape index (κ3) is 0.603. The first-order chi connectivity index (χ1) is 4.66. The molecule has 4 N–H and O–H groups in total. The highest BCUT2D eigenvalue weighted by Crippen LogP contribution is 2.40. The van der Waals surface area contributed by atoms with Gasteiger partial charge in [0, 0.05) is 18.6 Å². The Bertz CT molecular complexity index is 132. The second kappa shape index (κ2) is 1.72. The lowest BCUT2D eigenvalue weighted by atomic mass is 9.63. The van der Waals surface area contributed by atoms with Gasteiger partial charge in [0.25, 0.3) is 0 Å². The van der Waals surface area contributed by atoms with E-state index in [1.807, 2.05) is 0 Å². The molecule has 0 aromatic heterocycles. The summed E-state index contributed by atoms with van der Waals surface area (Å²) in [7, 11) is 0. The van der Waals surface area contributed by atoms with Gasteiger partial charge in [-0.25, -0.2) is 0 Å². The van der Waals surface area contributed by atoms with E-state index in [2.05, 4.69) is 5.32 Å². The van der Waals surface area contributed by atoms with Crippen LogP contribution in [0, 0.1) is 0 Å². The SMILES string of the molecule is NC1(C2(O)CNC2)CCC1. The second-order valence-corrected chi connectivity index (χ2v) is 3.64. The van der Waals surface area contributed by atoms with Crippen LogP contribution in [0.2, 0.25) is 0 Å². The zero-order chi connectivity index (χ0) is 7.24. The minimum atomic E-state index is -0.578. The van der Waals surface area contributed by atoms with Gasteiger partial charge < -0.3 is 16.2 Å². The summed E-state index contributed by atoms with van der Waals surface area (Å²) in [5, 5.41) is 12.8. The Hall–Kier alpha value is -0.120. The molecule has 3 nitrogen and oxygen atoms in total. The average molecular weight is 142 g/mol. The van der Waals surface area contributed by atoms with Gasteiger partial charge in [-0.15, -0.1) is 0 Å². The fraction of sp³-hybridized carbons (Fsp3) is 1.00. The van der Waals surface area contributed by atoms with Crippen molar-refractivity contribution in [1.29, 1.82) is 0 Å². The molecule has 0 atom stereocenters. The molecule has 0 aromatic carbocycles. The number of hydrogen-bond donors (Lipinski definition) is 3. The second-order valence-electron chi connectivity index (χ2n) is 3.64. The van der Waals surface area contributed by atoms with Crippen molar-refractivity contribution in [3.05, 3.63) is 0 Å². The maximum absolute atomic E-state index is 9.80. The van der Waals surface area contributed by atoms with Crippen LogP contribution in [0.3, 0.4) is 0 Å². The largest absolute Gasteiger partial charge is 0.385 e. The molecule has 1 saturated heterocycles. The number of aliphatic hydroxyl groups is 1. The Balaban J connectivity index is 2.08. The summed E-state index contributed by atoms with van der Waals surface area (Å²) in [6.07, 6.45) is 3.16. The normalized spacial score (nSPS) is 34.2. The Labute approximate surface area is 60.6 Å². The van der Waals surface area contributed by atoms with Gasteiger partial charge in [-0.1, -0.05) is 0 Å². The Kier molecular flexibility index (Phi) is 1.14. The third-order valence-corrected chi connectivity index (χ3v) is 3.01. The summed E-state index contributed by atoms with van der Waals surface area (Å²) in [6.45, 7) is 1.37. The van der Waals surface area contributed by atoms with Crippen LogP contribution in [-0.4, -0.2) is 29.3 Å². The topological polar surface area (TPSA) is 58.3 Å². The van der Waals surface area contributed by atoms with Crippen LogP contribution in [-0.2, 0) is 0 Å². The maximum atomic E-state index is 9.80. The van der Waals surface area contributed by atoms with Crippen molar-refractivity contribution in [1.82, 2.24) is 5.32 Å². The van der Waals surface area contributed by atoms with Crippen LogP contribution in [0.15, 0.2) is 0 Å². The van der Waals surface area contributed by atoms with E-state index in [9.17, 15) is 5.11 Å². The van der Waals surface area contributed by atoms with Crippen LogP contribution in [0.5, 0.6) is 0 Å². The van der Waals surface area contributed by atoms with Crippen molar-refractivity contribution in [3.8, 4) is 0 Å². The van der Waals surface area contributed by atoms with Gasteiger partial charge in [-0.2, -0.15) is 0 Å². The fourth-order valence-corrected chi connectivity index (χ4v) is 1.74. The van der Waals surface area contributed by atoms with Crippen molar-refractivity contribution >= 4 is 0 Å². The Morgan fingerprint density at radius 3 is 2.00 bits per heavy atom. The summed E-state index contributed by atoms with van der Waals surface area (Å²) in [5.41, 5.74) is 5.12. The lowest BCUT2D eigenvalue weighted by molar-refractivity contribution is -0.105. The molecular formula is C7H14N2O. The van der Waals surface area contributed by atoms with E-state index >= 15 is 0 Å². The molecule has 1 aliphatic heterocycles. The van der Waals surface area contributed by atoms with Crippen LogP contribution < -0.4 is 11.1 Å². The molecule has 3 heteroatoms. The van der Waals surface area contributed by atoms with E-state index < -0.39 is 5.60 Å². The molecule has 0 unspecified atom stereocenters. The quantitative estimate of drug-likeness (QED) is 0.449. The number of rotatable bonds is 1. The maximum Gasteiger partial charge on any atom is 0.107 e. The predicted octanol–water partition coefficient (Wildman–Crippen LogP) is -0.798. The first-order valence-corrected chi connectivity index (χ1v) is 3.88. The summed E-state index contributed by atoms with van der Waals surface area (Å²) in [4.78, 5) is 0. The molecule has 0 radical (unpaired) electrons. The smallest absolute Gasteiger partial charge is 0.107 e. The summed E-state index contributed by atoms with van der Waals surface area (Å²) < 4.78 is 0. The van der Waals surface area contributed by atoms with Crippen LogP contribution >= 0.6 is 0 Å². The highest BCUT2D eigenvalue weighted by molar-refractivity contribution is 5.14. The van der Waals surface area contributed by atoms with Gasteiger partial charge in [0.1, 0.15) is 5.60 Å². The standard InChI is InChI=1S/C7H14N2O/c8-6(2-1-3-6)7(10)4-9-5-7/h9-10H,1-5,8H2. The van der Waals surface area contributed by atoms with Crippen molar-refractivity contribution in [2.45, 2.75) is 30.4 Å². The highest BCUT2D eigenvalue weighted by Gasteiger charge is 2.54. The summed E-state index contributed by atoms with van der Waals surface area (Å²) >= 11 is 0. The zero-order valence-corrected chi connectivity index (χ0v) is 6.06. The van der Waals surface area contributed by atoms with Crippen molar-refractivity contribution in [2.75, 3.05) is 13.1 Å². The van der Waals surface area contributed by atoms with Gasteiger partial charge in [-0.05, 0) is 19.3 Å². The Morgan fingerprint density at radius 2 is 1.90 bits per heavy atom. The molecule has 2 fully saturated rings. The molecule has 2 rings (SSSR count). The van der Waals surface area contributed by atoms with E-state index in [-0.39, 0.29) is 5.54 Å². The number of nitrogens with one attached hydrogen (secondary N) is 1. The molecular weight excluding hydrogens is 128 g/mol. The van der Waals surface area contributed by atoms with Crippen molar-refractivity contribution < 1.29 is 5.11 Å². The van der Waals surface area contributed by atoms with Crippen LogP contribution in [0.4, 0.5) is 0 Å². The molecule has 2 aliphatic rings. The minimum Gasteiger partial charge on any atom is -0.385 e. The predicted molar refractivity (Wildman–Crippen MR) is 38.6 cm³/mol. The molecule has 1 heterocycles. The fourth-order valence-electron chi connectivity index (χ4n) is 1.74. The van der Waals surface area contributed by atoms with Gasteiger partial charge in [0.05, 0.1) is 0 Å². The monoisotopic (exact) mass is 142 g/mol. The van der Waals surface area contributed by atoms with Gasteiger partial charge in [0.15, 0.2) is 0 Å². The van der Waals surface area contributed by atoms with E-state index in [4.69, 9.17) is 5.73 Å². The highest BCUT2D eigenvalue weighted by atomic mass is 16.3. The number of hydrogen-bond acceptors (Lipinski definition) is 3. The molecule has 0 amide bonds. The molecule has 1 saturated carbocycles. The van der Waals surface area contributed by atoms with E-state index in [0.717, 1.165) is 12.8 Å². The third-order valence-electron chi connectivity index (χ3n) is 3.01. The number of nitrogens with two attached hydrogens (primary N) is 1. The lowest BCUT2D eigenvalue weighted by Gasteiger charge is -2.55. The number of β-amino-alcohol motifs (C(OH)–C–C–N with tert-alkyl or cyclic N) is 1. The first kappa shape index (κ1) is 6.58. The molecule has 1 aliphatic carbocycles. The van der Waals surface area contributed by atoms with Crippen LogP contribution in [0.25, 0.3) is 0 Å². The molecule has 0 bridgehead atoms. The first-order valence-electron chi connectivity index (χ1n) is 3.88. The van der Waals surface area contributed by atoms with Gasteiger partial charge >= 0.3 is 0 Å². The van der Waals surface area contributed by atoms with Crippen molar-refractivity contribution in [3.63, 3.8) is 0 Å². The average Bonchev–Trinajstić information content (AvgIpc) is 1.77. The van der Waals surface area contributed by atoms with E-state index in [1.165, 1.54) is 6.42 Å². The minimum absolute atomic E-state index is 0.252. The zero-order valence-electron chi connectivity index (χ0n) is 6.06.